The maximum Gasteiger partial charge on any atom is 0.257 e. The van der Waals surface area contributed by atoms with Crippen molar-refractivity contribution in [2.75, 3.05) is 25.6 Å². The van der Waals surface area contributed by atoms with Crippen molar-refractivity contribution in [3.8, 4) is 22.6 Å². The van der Waals surface area contributed by atoms with Crippen molar-refractivity contribution in [3.05, 3.63) is 42.4 Å². The fourth-order valence-electron chi connectivity index (χ4n) is 4.33. The number of aromatic nitrogens is 5. The van der Waals surface area contributed by atoms with Crippen LogP contribution in [0.5, 0.6) is 0 Å². The van der Waals surface area contributed by atoms with Crippen LogP contribution in [0.15, 0.2) is 36.8 Å². The number of carbonyl (C=O) groups excluding carboxylic acids is 1. The molecular formula is C22H22FN7O3. The smallest absolute Gasteiger partial charge is 0.257 e. The topological polar surface area (TPSA) is 119 Å². The van der Waals surface area contributed by atoms with E-state index in [1.54, 1.807) is 17.8 Å². The molecule has 0 bridgehead atoms. The molecule has 1 saturated heterocycles. The minimum absolute atomic E-state index is 0.216. The molecule has 33 heavy (non-hydrogen) atoms. The lowest BCUT2D eigenvalue weighted by Crippen LogP contribution is -2.27. The second-order valence-electron chi connectivity index (χ2n) is 8.40. The summed E-state index contributed by atoms with van der Waals surface area (Å²) in [5, 5.41) is 20.4. The maximum atomic E-state index is 13.3. The molecule has 2 aromatic rings. The Balaban J connectivity index is 1.43. The number of aliphatic hydroxyl groups excluding tert-OH is 1. The number of carbonyl (C=O) groups is 1. The van der Waals surface area contributed by atoms with Gasteiger partial charge in [-0.2, -0.15) is 9.61 Å². The highest BCUT2D eigenvalue weighted by molar-refractivity contribution is 6.00. The molecule has 0 aromatic carbocycles. The lowest BCUT2D eigenvalue weighted by atomic mass is 10.1. The highest BCUT2D eigenvalue weighted by atomic mass is 19.1. The second-order valence-corrected chi connectivity index (χ2v) is 8.40. The minimum atomic E-state index is -0.996. The van der Waals surface area contributed by atoms with E-state index in [2.05, 4.69) is 20.7 Å². The lowest BCUT2D eigenvalue weighted by Gasteiger charge is -2.20. The number of fused-ring (bicyclic) bond motifs is 2. The molecule has 6 rings (SSSR count). The number of aliphatic hydroxyl groups is 1. The number of ether oxygens (including phenoxy) is 1. The largest absolute Gasteiger partial charge is 0.388 e. The molecular weight excluding hydrogens is 429 g/mol. The zero-order valence-electron chi connectivity index (χ0n) is 17.8. The molecule has 5 heterocycles. The summed E-state index contributed by atoms with van der Waals surface area (Å²) in [5.41, 5.74) is 2.89. The van der Waals surface area contributed by atoms with Crippen LogP contribution in [0.4, 0.5) is 10.2 Å². The van der Waals surface area contributed by atoms with Crippen LogP contribution in [-0.4, -0.2) is 73.7 Å². The molecule has 1 amide bonds. The van der Waals surface area contributed by atoms with E-state index in [9.17, 15) is 14.3 Å². The molecule has 2 fully saturated rings. The van der Waals surface area contributed by atoms with E-state index < -0.39 is 24.2 Å². The Labute approximate surface area is 187 Å². The number of halogens is 1. The third kappa shape index (κ3) is 3.23. The van der Waals surface area contributed by atoms with Crippen LogP contribution in [0.2, 0.25) is 0 Å². The monoisotopic (exact) mass is 451 g/mol. The number of amides is 1. The first-order chi connectivity index (χ1) is 16.0. The Morgan fingerprint density at radius 3 is 2.88 bits per heavy atom. The van der Waals surface area contributed by atoms with Crippen LogP contribution in [0.1, 0.15) is 22.8 Å². The van der Waals surface area contributed by atoms with Crippen molar-refractivity contribution < 1.29 is 19.0 Å². The van der Waals surface area contributed by atoms with Gasteiger partial charge >= 0.3 is 0 Å². The number of nitrogens with zero attached hydrogens (tertiary/aromatic N) is 5. The van der Waals surface area contributed by atoms with E-state index >= 15 is 0 Å². The number of nitrogens with one attached hydrogen (secondary N) is 2. The molecule has 3 N–H and O–H groups in total. The Morgan fingerprint density at radius 2 is 2.15 bits per heavy atom. The quantitative estimate of drug-likeness (QED) is 0.421. The van der Waals surface area contributed by atoms with Gasteiger partial charge in [0.1, 0.15) is 29.5 Å². The summed E-state index contributed by atoms with van der Waals surface area (Å²) in [6.07, 6.45) is 3.78. The molecule has 4 atom stereocenters. The highest BCUT2D eigenvalue weighted by Crippen LogP contribution is 2.36. The van der Waals surface area contributed by atoms with Crippen LogP contribution in [0.25, 0.3) is 28.3 Å². The number of anilines is 1. The zero-order valence-corrected chi connectivity index (χ0v) is 17.8. The van der Waals surface area contributed by atoms with Crippen molar-refractivity contribution in [3.63, 3.8) is 0 Å². The number of hydrogen-bond acceptors (Lipinski definition) is 7. The molecule has 0 spiro atoms. The van der Waals surface area contributed by atoms with Gasteiger partial charge in [-0.25, -0.2) is 14.4 Å². The third-order valence-electron chi connectivity index (χ3n) is 6.26. The van der Waals surface area contributed by atoms with Gasteiger partial charge < -0.3 is 25.0 Å². The van der Waals surface area contributed by atoms with E-state index in [0.29, 0.717) is 42.6 Å². The van der Waals surface area contributed by atoms with Crippen LogP contribution in [0.3, 0.4) is 0 Å². The predicted molar refractivity (Wildman–Crippen MR) is 117 cm³/mol. The molecule has 1 unspecified atom stereocenters. The fraction of sp³-hybridized carbons (Fsp3) is 0.364. The molecule has 4 aliphatic rings. The number of hydrogen-bond donors (Lipinski definition) is 3. The van der Waals surface area contributed by atoms with Crippen molar-refractivity contribution in [1.29, 1.82) is 0 Å². The van der Waals surface area contributed by atoms with Crippen LogP contribution in [0, 0.1) is 0 Å². The van der Waals surface area contributed by atoms with Gasteiger partial charge in [0.2, 0.25) is 0 Å². The molecule has 1 aliphatic carbocycles. The van der Waals surface area contributed by atoms with Crippen molar-refractivity contribution in [2.45, 2.75) is 30.8 Å². The predicted octanol–water partition coefficient (Wildman–Crippen LogP) is 1.51. The van der Waals surface area contributed by atoms with E-state index in [1.165, 1.54) is 6.20 Å². The van der Waals surface area contributed by atoms with E-state index in [0.717, 1.165) is 11.1 Å². The van der Waals surface area contributed by atoms with E-state index in [1.807, 2.05) is 29.0 Å². The summed E-state index contributed by atoms with van der Waals surface area (Å²) >= 11 is 0. The summed E-state index contributed by atoms with van der Waals surface area (Å²) in [6, 6.07) is 5.01. The first kappa shape index (κ1) is 20.1. The van der Waals surface area contributed by atoms with Crippen LogP contribution < -0.4 is 10.6 Å². The zero-order chi connectivity index (χ0) is 22.7. The van der Waals surface area contributed by atoms with Gasteiger partial charge in [-0.3, -0.25) is 4.79 Å². The Hall–Kier alpha value is -3.57. The van der Waals surface area contributed by atoms with Crippen molar-refractivity contribution in [2.24, 2.45) is 0 Å². The van der Waals surface area contributed by atoms with Gasteiger partial charge in [0, 0.05) is 43.1 Å². The fourth-order valence-corrected chi connectivity index (χ4v) is 4.33. The maximum absolute atomic E-state index is 13.3. The van der Waals surface area contributed by atoms with Gasteiger partial charge in [-0.15, -0.1) is 0 Å². The number of rotatable bonds is 5. The second kappa shape index (κ2) is 7.49. The van der Waals surface area contributed by atoms with E-state index in [-0.39, 0.29) is 11.6 Å². The molecule has 11 heteroatoms. The molecule has 170 valence electrons. The van der Waals surface area contributed by atoms with E-state index in [4.69, 9.17) is 9.72 Å². The molecule has 1 saturated carbocycles. The normalized spacial score (nSPS) is 24.5. The first-order valence-corrected chi connectivity index (χ1v) is 10.8. The summed E-state index contributed by atoms with van der Waals surface area (Å²) < 4.78 is 22.2. The van der Waals surface area contributed by atoms with Crippen LogP contribution >= 0.6 is 0 Å². The molecule has 2 aromatic heterocycles. The van der Waals surface area contributed by atoms with Gasteiger partial charge in [0.05, 0.1) is 37.2 Å². The average Bonchev–Trinajstić information content (AvgIpc) is 3.24. The van der Waals surface area contributed by atoms with Gasteiger partial charge in [0.25, 0.3) is 5.91 Å². The highest BCUT2D eigenvalue weighted by Gasteiger charge is 2.39. The van der Waals surface area contributed by atoms with Crippen molar-refractivity contribution >= 4 is 17.4 Å². The minimum Gasteiger partial charge on any atom is -0.388 e. The summed E-state index contributed by atoms with van der Waals surface area (Å²) in [7, 11) is 1.76. The lowest BCUT2D eigenvalue weighted by molar-refractivity contribution is 0.0949. The summed E-state index contributed by atoms with van der Waals surface area (Å²) in [5.74, 6) is 0.950. The Bertz CT molecular complexity index is 1330. The molecule has 10 nitrogen and oxygen atoms in total. The van der Waals surface area contributed by atoms with Crippen molar-refractivity contribution in [1.82, 2.24) is 29.5 Å². The molecule has 3 aliphatic heterocycles. The molecule has 0 radical (unpaired) electrons. The van der Waals surface area contributed by atoms with Crippen LogP contribution in [-0.2, 0) is 4.74 Å². The standard InChI is InChI=1S/C22H22FN7O3/c1-24-19-6-15(27-21-13(8-26-30(19)21)22(32)28-16-5-14(16)23)12-7-25-20-11(12)3-2-4-29(20)17-9-33-10-18(17)31/h2-4,6-8,14,16-18,24,31H,5,9-10H2,1H3,(H,28,32)/t14-,16+,17?,18-/m0/s1. The van der Waals surface area contributed by atoms with Gasteiger partial charge in [0.15, 0.2) is 5.65 Å². The number of alkyl halides is 1. The third-order valence-corrected chi connectivity index (χ3v) is 6.26. The number of pyridine rings is 1. The summed E-state index contributed by atoms with van der Waals surface area (Å²) in [6.45, 7) is 0.706. The Morgan fingerprint density at radius 1 is 1.30 bits per heavy atom. The average molecular weight is 451 g/mol. The summed E-state index contributed by atoms with van der Waals surface area (Å²) in [4.78, 5) is 22.0. The SMILES string of the molecule is CNc1cc(-c2cnc3n(C4COC[C@@H]4O)cccc2-3)nc2c(C(=O)N[C@@H]3C[C@@H]3F)cnn12. The first-order valence-electron chi connectivity index (χ1n) is 10.8. The van der Waals surface area contributed by atoms with Gasteiger partial charge in [-0.05, 0) is 12.1 Å². The van der Waals surface area contributed by atoms with Gasteiger partial charge in [-0.1, -0.05) is 0 Å². The Kier molecular flexibility index (Phi) is 4.56.